The monoisotopic (exact) mass is 378 g/mol. The highest BCUT2D eigenvalue weighted by Gasteiger charge is 2.41. The van der Waals surface area contributed by atoms with Crippen LogP contribution in [0.15, 0.2) is 48.5 Å². The van der Waals surface area contributed by atoms with Gasteiger partial charge in [-0.25, -0.2) is 0 Å². The molecule has 2 aliphatic heterocycles. The molecular weight excluding hydrogens is 352 g/mol. The Morgan fingerprint density at radius 3 is 2.50 bits per heavy atom. The van der Waals surface area contributed by atoms with E-state index < -0.39 is 5.60 Å². The van der Waals surface area contributed by atoms with Gasteiger partial charge in [-0.15, -0.1) is 0 Å². The van der Waals surface area contributed by atoms with E-state index in [4.69, 9.17) is 4.74 Å². The van der Waals surface area contributed by atoms with E-state index in [1.54, 1.807) is 24.8 Å². The summed E-state index contributed by atoms with van der Waals surface area (Å²) >= 11 is 0. The number of nitrogens with zero attached hydrogens (tertiary/aromatic N) is 2. The van der Waals surface area contributed by atoms with Crippen LogP contribution in [-0.4, -0.2) is 41.9 Å². The maximum absolute atomic E-state index is 13.1. The Labute approximate surface area is 165 Å². The Kier molecular flexibility index (Phi) is 4.84. The number of likely N-dealkylation sites (tertiary alicyclic amines) is 1. The molecule has 0 atom stereocenters. The molecular formula is C23H26N2O3. The van der Waals surface area contributed by atoms with Crippen molar-refractivity contribution in [2.75, 3.05) is 24.5 Å². The van der Waals surface area contributed by atoms with E-state index in [1.165, 1.54) is 5.56 Å². The second kappa shape index (κ2) is 7.30. The van der Waals surface area contributed by atoms with Gasteiger partial charge in [0.05, 0.1) is 5.69 Å². The standard InChI is InChI=1S/C23H26N2O3/c1-23(2)22(27)25(15-12-17-8-4-3-5-9-17)19-16-18(10-11-20(19)28-23)21(26)24-13-6-7-14-24/h3-5,8-11,16H,6-7,12-15H2,1-2H3. The molecule has 0 radical (unpaired) electrons. The zero-order valence-electron chi connectivity index (χ0n) is 16.5. The van der Waals surface area contributed by atoms with Gasteiger partial charge < -0.3 is 14.5 Å². The smallest absolute Gasteiger partial charge is 0.270 e. The lowest BCUT2D eigenvalue weighted by molar-refractivity contribution is -0.132. The molecule has 2 amide bonds. The minimum Gasteiger partial charge on any atom is -0.476 e. The zero-order valence-corrected chi connectivity index (χ0v) is 16.5. The lowest BCUT2D eigenvalue weighted by atomic mass is 10.0. The number of rotatable bonds is 4. The van der Waals surface area contributed by atoms with Gasteiger partial charge >= 0.3 is 0 Å². The summed E-state index contributed by atoms with van der Waals surface area (Å²) in [6.07, 6.45) is 2.84. The molecule has 1 saturated heterocycles. The Morgan fingerprint density at radius 2 is 1.79 bits per heavy atom. The molecule has 0 aromatic heterocycles. The van der Waals surface area contributed by atoms with Gasteiger partial charge in [-0.2, -0.15) is 0 Å². The number of hydrogen-bond donors (Lipinski definition) is 0. The maximum atomic E-state index is 13.1. The molecule has 2 aliphatic rings. The van der Waals surface area contributed by atoms with Gasteiger partial charge in [0.2, 0.25) is 0 Å². The van der Waals surface area contributed by atoms with E-state index >= 15 is 0 Å². The first-order valence-corrected chi connectivity index (χ1v) is 9.94. The highest BCUT2D eigenvalue weighted by atomic mass is 16.5. The third kappa shape index (κ3) is 3.49. The Balaban J connectivity index is 1.64. The van der Waals surface area contributed by atoms with Crippen molar-refractivity contribution < 1.29 is 14.3 Å². The number of hydrogen-bond acceptors (Lipinski definition) is 3. The van der Waals surface area contributed by atoms with Crippen LogP contribution >= 0.6 is 0 Å². The number of ether oxygens (including phenoxy) is 1. The summed E-state index contributed by atoms with van der Waals surface area (Å²) in [6, 6.07) is 15.5. The van der Waals surface area contributed by atoms with Gasteiger partial charge in [-0.3, -0.25) is 9.59 Å². The topological polar surface area (TPSA) is 49.9 Å². The Morgan fingerprint density at radius 1 is 1.07 bits per heavy atom. The maximum Gasteiger partial charge on any atom is 0.270 e. The van der Waals surface area contributed by atoms with E-state index in [-0.39, 0.29) is 11.8 Å². The molecule has 2 aromatic rings. The van der Waals surface area contributed by atoms with Crippen molar-refractivity contribution >= 4 is 17.5 Å². The summed E-state index contributed by atoms with van der Waals surface area (Å²) in [4.78, 5) is 29.5. The third-order valence-corrected chi connectivity index (χ3v) is 5.48. The van der Waals surface area contributed by atoms with Gasteiger partial charge in [0.1, 0.15) is 5.75 Å². The molecule has 0 unspecified atom stereocenters. The molecule has 0 bridgehead atoms. The summed E-state index contributed by atoms with van der Waals surface area (Å²) in [7, 11) is 0. The first-order valence-electron chi connectivity index (χ1n) is 9.94. The number of fused-ring (bicyclic) bond motifs is 1. The number of amides is 2. The lowest BCUT2D eigenvalue weighted by Gasteiger charge is -2.39. The molecule has 0 saturated carbocycles. The molecule has 2 aromatic carbocycles. The van der Waals surface area contributed by atoms with Crippen LogP contribution in [0.5, 0.6) is 5.75 Å². The predicted molar refractivity (Wildman–Crippen MR) is 109 cm³/mol. The second-order valence-electron chi connectivity index (χ2n) is 7.99. The summed E-state index contributed by atoms with van der Waals surface area (Å²) in [6.45, 7) is 5.73. The molecule has 5 nitrogen and oxygen atoms in total. The normalized spacial score (nSPS) is 18.0. The van der Waals surface area contributed by atoms with Crippen LogP contribution in [0.2, 0.25) is 0 Å². The molecule has 0 aliphatic carbocycles. The zero-order chi connectivity index (χ0) is 19.7. The fraction of sp³-hybridized carbons (Fsp3) is 0.391. The highest BCUT2D eigenvalue weighted by molar-refractivity contribution is 6.04. The average molecular weight is 378 g/mol. The number of benzene rings is 2. The minimum atomic E-state index is -0.926. The molecule has 146 valence electrons. The third-order valence-electron chi connectivity index (χ3n) is 5.48. The number of anilines is 1. The molecule has 0 N–H and O–H groups in total. The lowest BCUT2D eigenvalue weighted by Crippen LogP contribution is -2.53. The summed E-state index contributed by atoms with van der Waals surface area (Å²) in [5.41, 5.74) is 1.54. The first kappa shape index (κ1) is 18.5. The molecule has 4 rings (SSSR count). The largest absolute Gasteiger partial charge is 0.476 e. The fourth-order valence-electron chi connectivity index (χ4n) is 3.91. The van der Waals surface area contributed by atoms with Crippen molar-refractivity contribution in [3.8, 4) is 5.75 Å². The van der Waals surface area contributed by atoms with Crippen LogP contribution in [0, 0.1) is 0 Å². The van der Waals surface area contributed by atoms with E-state index in [0.29, 0.717) is 23.5 Å². The molecule has 28 heavy (non-hydrogen) atoms. The van der Waals surface area contributed by atoms with Crippen molar-refractivity contribution in [3.05, 3.63) is 59.7 Å². The highest BCUT2D eigenvalue weighted by Crippen LogP contribution is 2.38. The molecule has 2 heterocycles. The van der Waals surface area contributed by atoms with Gasteiger partial charge in [0.25, 0.3) is 11.8 Å². The van der Waals surface area contributed by atoms with Crippen molar-refractivity contribution in [1.82, 2.24) is 4.90 Å². The Hall–Kier alpha value is -2.82. The van der Waals surface area contributed by atoms with Gasteiger partial charge in [0, 0.05) is 25.2 Å². The average Bonchev–Trinajstić information content (AvgIpc) is 3.23. The predicted octanol–water partition coefficient (Wildman–Crippen LogP) is 3.67. The quantitative estimate of drug-likeness (QED) is 0.816. The van der Waals surface area contributed by atoms with Crippen molar-refractivity contribution in [2.45, 2.75) is 38.7 Å². The van der Waals surface area contributed by atoms with Crippen molar-refractivity contribution in [2.24, 2.45) is 0 Å². The van der Waals surface area contributed by atoms with E-state index in [0.717, 1.165) is 32.4 Å². The molecule has 5 heteroatoms. The minimum absolute atomic E-state index is 0.0283. The van der Waals surface area contributed by atoms with Crippen molar-refractivity contribution in [1.29, 1.82) is 0 Å². The summed E-state index contributed by atoms with van der Waals surface area (Å²) in [5, 5.41) is 0. The van der Waals surface area contributed by atoms with Crippen LogP contribution in [0.4, 0.5) is 5.69 Å². The second-order valence-corrected chi connectivity index (χ2v) is 7.99. The number of carbonyl (C=O) groups is 2. The van der Waals surface area contributed by atoms with Crippen LogP contribution in [0.3, 0.4) is 0 Å². The Bertz CT molecular complexity index is 886. The van der Waals surface area contributed by atoms with Crippen LogP contribution in [-0.2, 0) is 11.2 Å². The van der Waals surface area contributed by atoms with E-state index in [2.05, 4.69) is 12.1 Å². The van der Waals surface area contributed by atoms with Gasteiger partial charge in [-0.1, -0.05) is 30.3 Å². The van der Waals surface area contributed by atoms with E-state index in [1.807, 2.05) is 35.2 Å². The van der Waals surface area contributed by atoms with Gasteiger partial charge in [0.15, 0.2) is 5.60 Å². The van der Waals surface area contributed by atoms with E-state index in [9.17, 15) is 9.59 Å². The molecule has 0 spiro atoms. The molecule has 1 fully saturated rings. The first-order chi connectivity index (χ1) is 13.5. The van der Waals surface area contributed by atoms with Gasteiger partial charge in [-0.05, 0) is 56.9 Å². The van der Waals surface area contributed by atoms with Crippen LogP contribution in [0.1, 0.15) is 42.6 Å². The SMILES string of the molecule is CC1(C)Oc2ccc(C(=O)N3CCCC3)cc2N(CCc2ccccc2)C1=O. The number of carbonyl (C=O) groups excluding carboxylic acids is 2. The summed E-state index contributed by atoms with van der Waals surface area (Å²) in [5.74, 6) is 0.595. The fourth-order valence-corrected chi connectivity index (χ4v) is 3.91. The van der Waals surface area contributed by atoms with Crippen LogP contribution in [0.25, 0.3) is 0 Å². The van der Waals surface area contributed by atoms with Crippen molar-refractivity contribution in [3.63, 3.8) is 0 Å². The van der Waals surface area contributed by atoms with Crippen LogP contribution < -0.4 is 9.64 Å². The summed E-state index contributed by atoms with van der Waals surface area (Å²) < 4.78 is 5.96.